The van der Waals surface area contributed by atoms with E-state index in [-0.39, 0.29) is 12.2 Å². The Hall–Kier alpha value is -1.88. The molecule has 2 aromatic rings. The van der Waals surface area contributed by atoms with Gasteiger partial charge < -0.3 is 10.1 Å². The maximum atomic E-state index is 13.5. The highest BCUT2D eigenvalue weighted by Gasteiger charge is 2.12. The molecule has 0 unspecified atom stereocenters. The second kappa shape index (κ2) is 6.05. The molecular weight excluding hydrogens is 291 g/mol. The monoisotopic (exact) mass is 301 g/mol. The Bertz CT molecular complexity index is 634. The molecule has 0 saturated carbocycles. The molecule has 0 aliphatic carbocycles. The summed E-state index contributed by atoms with van der Waals surface area (Å²) < 4.78 is 44.7. The summed E-state index contributed by atoms with van der Waals surface area (Å²) in [6.07, 6.45) is 0. The molecule has 0 aliphatic rings. The van der Waals surface area contributed by atoms with Crippen LogP contribution in [-0.2, 0) is 6.54 Å². The molecule has 106 valence electrons. The number of ether oxygens (including phenoxy) is 1. The smallest absolute Gasteiger partial charge is 0.182 e. The van der Waals surface area contributed by atoms with Gasteiger partial charge in [0.05, 0.1) is 12.8 Å². The average Bonchev–Trinajstić information content (AvgIpc) is 2.41. The topological polar surface area (TPSA) is 21.3 Å². The number of rotatable bonds is 4. The minimum Gasteiger partial charge on any atom is -0.496 e. The predicted octanol–water partition coefficient (Wildman–Crippen LogP) is 4.38. The van der Waals surface area contributed by atoms with Crippen molar-refractivity contribution < 1.29 is 17.9 Å². The lowest BCUT2D eigenvalue weighted by Crippen LogP contribution is -2.05. The third-order valence-electron chi connectivity index (χ3n) is 2.70. The molecule has 0 fully saturated rings. The van der Waals surface area contributed by atoms with Crippen LogP contribution in [0.3, 0.4) is 0 Å². The van der Waals surface area contributed by atoms with Crippen molar-refractivity contribution in [3.05, 3.63) is 58.4 Å². The third-order valence-corrected chi connectivity index (χ3v) is 2.94. The van der Waals surface area contributed by atoms with Crippen molar-refractivity contribution in [2.75, 3.05) is 12.4 Å². The molecule has 0 radical (unpaired) electrons. The van der Waals surface area contributed by atoms with Gasteiger partial charge in [0, 0.05) is 29.3 Å². The van der Waals surface area contributed by atoms with Gasteiger partial charge in [0.2, 0.25) is 0 Å². The van der Waals surface area contributed by atoms with E-state index in [0.717, 1.165) is 6.07 Å². The quantitative estimate of drug-likeness (QED) is 0.846. The average molecular weight is 302 g/mol. The largest absolute Gasteiger partial charge is 0.496 e. The highest BCUT2D eigenvalue weighted by Crippen LogP contribution is 2.25. The fourth-order valence-corrected chi connectivity index (χ4v) is 1.96. The number of hydrogen-bond acceptors (Lipinski definition) is 2. The van der Waals surface area contributed by atoms with Crippen LogP contribution in [0.2, 0.25) is 5.02 Å². The van der Waals surface area contributed by atoms with E-state index < -0.39 is 17.5 Å². The standard InChI is InChI=1S/C14H11ClF3NO/c1-20-13-3-2-9(15)4-8(13)7-19-12-6-10(16)5-11(17)14(12)18/h2-6,19H,7H2,1H3. The summed E-state index contributed by atoms with van der Waals surface area (Å²) >= 11 is 5.86. The molecule has 0 bridgehead atoms. The maximum absolute atomic E-state index is 13.5. The van der Waals surface area contributed by atoms with Crippen LogP contribution in [0, 0.1) is 17.5 Å². The zero-order valence-electron chi connectivity index (χ0n) is 10.5. The lowest BCUT2D eigenvalue weighted by atomic mass is 10.2. The fraction of sp³-hybridized carbons (Fsp3) is 0.143. The zero-order chi connectivity index (χ0) is 14.7. The predicted molar refractivity (Wildman–Crippen MR) is 71.6 cm³/mol. The van der Waals surface area contributed by atoms with Crippen LogP contribution in [0.25, 0.3) is 0 Å². The van der Waals surface area contributed by atoms with Crippen molar-refractivity contribution in [3.63, 3.8) is 0 Å². The van der Waals surface area contributed by atoms with E-state index in [1.165, 1.54) is 7.11 Å². The number of halogens is 4. The van der Waals surface area contributed by atoms with E-state index in [0.29, 0.717) is 22.4 Å². The summed E-state index contributed by atoms with van der Waals surface area (Å²) in [5.41, 5.74) is 0.383. The number of benzene rings is 2. The molecule has 2 rings (SSSR count). The van der Waals surface area contributed by atoms with Crippen molar-refractivity contribution >= 4 is 17.3 Å². The summed E-state index contributed by atoms with van der Waals surface area (Å²) in [6, 6.07) is 6.30. The normalized spacial score (nSPS) is 10.4. The maximum Gasteiger partial charge on any atom is 0.182 e. The Morgan fingerprint density at radius 3 is 2.60 bits per heavy atom. The van der Waals surface area contributed by atoms with Gasteiger partial charge in [-0.05, 0) is 18.2 Å². The van der Waals surface area contributed by atoms with Crippen molar-refractivity contribution in [2.24, 2.45) is 0 Å². The fourth-order valence-electron chi connectivity index (χ4n) is 1.76. The van der Waals surface area contributed by atoms with Crippen molar-refractivity contribution in [2.45, 2.75) is 6.54 Å². The number of nitrogens with one attached hydrogen (secondary N) is 1. The molecule has 2 nitrogen and oxygen atoms in total. The second-order valence-corrected chi connectivity index (χ2v) is 4.50. The van der Waals surface area contributed by atoms with E-state index in [2.05, 4.69) is 5.32 Å². The van der Waals surface area contributed by atoms with Gasteiger partial charge in [-0.3, -0.25) is 0 Å². The van der Waals surface area contributed by atoms with Gasteiger partial charge >= 0.3 is 0 Å². The first-order chi connectivity index (χ1) is 9.51. The number of methoxy groups -OCH3 is 1. The Morgan fingerprint density at radius 2 is 1.90 bits per heavy atom. The van der Waals surface area contributed by atoms with Gasteiger partial charge in [0.1, 0.15) is 11.6 Å². The first-order valence-electron chi connectivity index (χ1n) is 5.72. The molecule has 2 aromatic carbocycles. The zero-order valence-corrected chi connectivity index (χ0v) is 11.3. The molecule has 0 spiro atoms. The molecule has 20 heavy (non-hydrogen) atoms. The Morgan fingerprint density at radius 1 is 1.15 bits per heavy atom. The minimum atomic E-state index is -1.24. The molecule has 0 heterocycles. The summed E-state index contributed by atoms with van der Waals surface area (Å²) in [6.45, 7) is 0.115. The Balaban J connectivity index is 2.23. The highest BCUT2D eigenvalue weighted by atomic mass is 35.5. The van der Waals surface area contributed by atoms with Crippen molar-refractivity contribution in [3.8, 4) is 5.75 Å². The van der Waals surface area contributed by atoms with E-state index in [1.807, 2.05) is 0 Å². The Labute approximate surface area is 119 Å². The van der Waals surface area contributed by atoms with E-state index in [9.17, 15) is 13.2 Å². The minimum absolute atomic E-state index is 0.115. The molecule has 1 N–H and O–H groups in total. The van der Waals surface area contributed by atoms with Crippen LogP contribution in [0.4, 0.5) is 18.9 Å². The van der Waals surface area contributed by atoms with Gasteiger partial charge in [-0.1, -0.05) is 11.6 Å². The number of hydrogen-bond donors (Lipinski definition) is 1. The Kier molecular flexibility index (Phi) is 4.39. The second-order valence-electron chi connectivity index (χ2n) is 4.06. The molecule has 0 atom stereocenters. The van der Waals surface area contributed by atoms with Crippen molar-refractivity contribution in [1.29, 1.82) is 0 Å². The molecule has 0 aromatic heterocycles. The molecule has 6 heteroatoms. The van der Waals surface area contributed by atoms with Gasteiger partial charge in [-0.25, -0.2) is 13.2 Å². The van der Waals surface area contributed by atoms with Gasteiger partial charge in [-0.15, -0.1) is 0 Å². The van der Waals surface area contributed by atoms with Gasteiger partial charge in [-0.2, -0.15) is 0 Å². The lowest BCUT2D eigenvalue weighted by molar-refractivity contribution is 0.410. The first-order valence-corrected chi connectivity index (χ1v) is 6.10. The van der Waals surface area contributed by atoms with E-state index in [4.69, 9.17) is 16.3 Å². The summed E-state index contributed by atoms with van der Waals surface area (Å²) in [5.74, 6) is -2.69. The van der Waals surface area contributed by atoms with Gasteiger partial charge in [0.15, 0.2) is 11.6 Å². The van der Waals surface area contributed by atoms with Crippen LogP contribution in [0.1, 0.15) is 5.56 Å². The van der Waals surface area contributed by atoms with Crippen LogP contribution in [0.5, 0.6) is 5.75 Å². The SMILES string of the molecule is COc1ccc(Cl)cc1CNc1cc(F)cc(F)c1F. The van der Waals surface area contributed by atoms with Crippen molar-refractivity contribution in [1.82, 2.24) is 0 Å². The summed E-state index contributed by atoms with van der Waals surface area (Å²) in [5, 5.41) is 3.10. The number of anilines is 1. The van der Waals surface area contributed by atoms with Gasteiger partial charge in [0.25, 0.3) is 0 Å². The van der Waals surface area contributed by atoms with E-state index >= 15 is 0 Å². The van der Waals surface area contributed by atoms with Crippen LogP contribution in [0.15, 0.2) is 30.3 Å². The molecule has 0 aliphatic heterocycles. The lowest BCUT2D eigenvalue weighted by Gasteiger charge is -2.12. The van der Waals surface area contributed by atoms with Crippen LogP contribution in [-0.4, -0.2) is 7.11 Å². The van der Waals surface area contributed by atoms with E-state index in [1.54, 1.807) is 18.2 Å². The summed E-state index contributed by atoms with van der Waals surface area (Å²) in [7, 11) is 1.48. The molecular formula is C14H11ClF3NO. The van der Waals surface area contributed by atoms with Crippen LogP contribution < -0.4 is 10.1 Å². The first kappa shape index (κ1) is 14.5. The molecule has 0 saturated heterocycles. The summed E-state index contributed by atoms with van der Waals surface area (Å²) in [4.78, 5) is 0. The van der Waals surface area contributed by atoms with Crippen LogP contribution >= 0.6 is 11.6 Å². The third kappa shape index (κ3) is 3.17. The highest BCUT2D eigenvalue weighted by molar-refractivity contribution is 6.30. The molecule has 0 amide bonds.